The van der Waals surface area contributed by atoms with E-state index in [0.29, 0.717) is 10.6 Å². The van der Waals surface area contributed by atoms with E-state index in [1.807, 2.05) is 53.9 Å². The maximum atomic E-state index is 12.6. The third-order valence-electron chi connectivity index (χ3n) is 4.15. The number of sulfone groups is 1. The number of hydroxylamine groups is 2. The molecule has 5 nitrogen and oxygen atoms in total. The van der Waals surface area contributed by atoms with Crippen molar-refractivity contribution in [2.24, 2.45) is 0 Å². The number of benzene rings is 2. The van der Waals surface area contributed by atoms with Gasteiger partial charge in [0.15, 0.2) is 9.84 Å². The average Bonchev–Trinajstić information content (AvgIpc) is 3.08. The lowest BCUT2D eigenvalue weighted by Crippen LogP contribution is -2.39. The quantitative estimate of drug-likeness (QED) is 0.364. The summed E-state index contributed by atoms with van der Waals surface area (Å²) >= 11 is 1.60. The lowest BCUT2D eigenvalue weighted by Gasteiger charge is -2.22. The molecular weight excluding hydrogens is 370 g/mol. The van der Waals surface area contributed by atoms with Crippen molar-refractivity contribution in [3.63, 3.8) is 0 Å². The Bertz CT molecular complexity index is 983. The molecule has 3 rings (SSSR count). The smallest absolute Gasteiger partial charge is 0.233 e. The molecule has 0 fully saturated rings. The van der Waals surface area contributed by atoms with Crippen LogP contribution in [0.5, 0.6) is 0 Å². The van der Waals surface area contributed by atoms with Crippen molar-refractivity contribution in [1.29, 1.82) is 0 Å². The number of nitrogens with zero attached hydrogens (tertiary/aromatic N) is 1. The van der Waals surface area contributed by atoms with Crippen LogP contribution in [0.2, 0.25) is 0 Å². The van der Waals surface area contributed by atoms with Gasteiger partial charge in [-0.1, -0.05) is 36.4 Å². The highest BCUT2D eigenvalue weighted by Gasteiger charge is 2.24. The first kappa shape index (κ1) is 18.6. The van der Waals surface area contributed by atoms with Crippen LogP contribution in [-0.4, -0.2) is 36.9 Å². The summed E-state index contributed by atoms with van der Waals surface area (Å²) in [4.78, 5) is 11.0. The van der Waals surface area contributed by atoms with Crippen LogP contribution in [0.3, 0.4) is 0 Å². The Morgan fingerprint density at radius 3 is 2.58 bits per heavy atom. The van der Waals surface area contributed by atoms with E-state index >= 15 is 0 Å². The zero-order chi connectivity index (χ0) is 18.6. The maximum Gasteiger partial charge on any atom is 0.233 e. The normalized spacial score (nSPS) is 12.8. The minimum atomic E-state index is -3.52. The van der Waals surface area contributed by atoms with Crippen molar-refractivity contribution in [2.45, 2.75) is 18.2 Å². The molecule has 1 N–H and O–H groups in total. The van der Waals surface area contributed by atoms with Crippen molar-refractivity contribution in [1.82, 2.24) is 5.06 Å². The van der Waals surface area contributed by atoms with Gasteiger partial charge in [0.2, 0.25) is 6.41 Å². The molecule has 0 aliphatic rings. The molecule has 3 aromatic rings. The van der Waals surface area contributed by atoms with Gasteiger partial charge in [-0.25, -0.2) is 13.5 Å². The molecule has 0 radical (unpaired) electrons. The molecule has 0 saturated carbocycles. The summed E-state index contributed by atoms with van der Waals surface area (Å²) in [7, 11) is -3.52. The molecule has 1 aromatic heterocycles. The Labute approximate surface area is 156 Å². The Morgan fingerprint density at radius 2 is 1.85 bits per heavy atom. The molecule has 136 valence electrons. The van der Waals surface area contributed by atoms with Crippen LogP contribution in [0.25, 0.3) is 10.1 Å². The Balaban J connectivity index is 1.76. The van der Waals surface area contributed by atoms with Crippen LogP contribution in [0.4, 0.5) is 0 Å². The SMILES string of the molecule is O=CN(O)C(Cc1ccccc1)CS(=O)(=O)Cc1ccc2sccc2c1. The van der Waals surface area contributed by atoms with Crippen LogP contribution in [0.1, 0.15) is 11.1 Å². The molecule has 0 spiro atoms. The third-order valence-corrected chi connectivity index (χ3v) is 6.71. The van der Waals surface area contributed by atoms with E-state index in [2.05, 4.69) is 0 Å². The molecule has 0 saturated heterocycles. The number of hydrogen-bond acceptors (Lipinski definition) is 5. The second kappa shape index (κ2) is 7.99. The van der Waals surface area contributed by atoms with E-state index in [-0.39, 0.29) is 24.3 Å². The van der Waals surface area contributed by atoms with Gasteiger partial charge in [-0.15, -0.1) is 11.3 Å². The summed E-state index contributed by atoms with van der Waals surface area (Å²) in [6.45, 7) is 0. The topological polar surface area (TPSA) is 74.7 Å². The van der Waals surface area contributed by atoms with E-state index in [0.717, 1.165) is 15.6 Å². The fourth-order valence-electron chi connectivity index (χ4n) is 2.91. The second-order valence-corrected chi connectivity index (χ2v) is 9.23. The summed E-state index contributed by atoms with van der Waals surface area (Å²) in [6, 6.07) is 15.9. The molecule has 1 unspecified atom stereocenters. The van der Waals surface area contributed by atoms with Gasteiger partial charge < -0.3 is 0 Å². The molecule has 1 heterocycles. The molecule has 1 atom stereocenters. The van der Waals surface area contributed by atoms with E-state index < -0.39 is 15.9 Å². The zero-order valence-electron chi connectivity index (χ0n) is 14.0. The minimum Gasteiger partial charge on any atom is -0.286 e. The first-order valence-corrected chi connectivity index (χ1v) is 10.8. The first-order chi connectivity index (χ1) is 12.5. The Kier molecular flexibility index (Phi) is 5.70. The number of carbonyl (C=O) groups excluding carboxylic acids is 1. The number of rotatable bonds is 8. The summed E-state index contributed by atoms with van der Waals surface area (Å²) in [5, 5.41) is 13.3. The number of hydrogen-bond donors (Lipinski definition) is 1. The second-order valence-electron chi connectivity index (χ2n) is 6.18. The van der Waals surface area contributed by atoms with Gasteiger partial charge >= 0.3 is 0 Å². The predicted octanol–water partition coefficient (Wildman–Crippen LogP) is 3.28. The van der Waals surface area contributed by atoms with Crippen molar-refractivity contribution in [3.05, 3.63) is 71.1 Å². The van der Waals surface area contributed by atoms with E-state index in [4.69, 9.17) is 0 Å². The highest BCUT2D eigenvalue weighted by molar-refractivity contribution is 7.90. The molecule has 2 aromatic carbocycles. The van der Waals surface area contributed by atoms with Gasteiger partial charge in [0, 0.05) is 4.70 Å². The first-order valence-electron chi connectivity index (χ1n) is 8.10. The minimum absolute atomic E-state index is 0.128. The van der Waals surface area contributed by atoms with Gasteiger partial charge in [-0.3, -0.25) is 10.0 Å². The van der Waals surface area contributed by atoms with Crippen LogP contribution in [-0.2, 0) is 26.8 Å². The highest BCUT2D eigenvalue weighted by atomic mass is 32.2. The lowest BCUT2D eigenvalue weighted by molar-refractivity contribution is -0.158. The summed E-state index contributed by atoms with van der Waals surface area (Å²) in [6.07, 6.45) is 0.513. The van der Waals surface area contributed by atoms with Crippen molar-refractivity contribution in [2.75, 3.05) is 5.75 Å². The van der Waals surface area contributed by atoms with Crippen LogP contribution >= 0.6 is 11.3 Å². The van der Waals surface area contributed by atoms with Crippen LogP contribution in [0, 0.1) is 0 Å². The van der Waals surface area contributed by atoms with E-state index in [9.17, 15) is 18.4 Å². The number of thiophene rings is 1. The summed E-state index contributed by atoms with van der Waals surface area (Å²) in [5.74, 6) is -0.435. The average molecular weight is 389 g/mol. The molecule has 26 heavy (non-hydrogen) atoms. The largest absolute Gasteiger partial charge is 0.286 e. The van der Waals surface area contributed by atoms with Gasteiger partial charge in [0.25, 0.3) is 0 Å². The van der Waals surface area contributed by atoms with Gasteiger partial charge in [-0.2, -0.15) is 0 Å². The van der Waals surface area contributed by atoms with Crippen LogP contribution in [0.15, 0.2) is 60.0 Å². The molecule has 0 aliphatic carbocycles. The fourth-order valence-corrected chi connectivity index (χ4v) is 5.35. The molecule has 1 amide bonds. The van der Waals surface area contributed by atoms with Crippen molar-refractivity contribution < 1.29 is 18.4 Å². The molecule has 7 heteroatoms. The number of fused-ring (bicyclic) bond motifs is 1. The van der Waals surface area contributed by atoms with Gasteiger partial charge in [-0.05, 0) is 46.5 Å². The monoisotopic (exact) mass is 389 g/mol. The molecule has 0 bridgehead atoms. The van der Waals surface area contributed by atoms with Gasteiger partial charge in [0.1, 0.15) is 0 Å². The highest BCUT2D eigenvalue weighted by Crippen LogP contribution is 2.23. The van der Waals surface area contributed by atoms with E-state index in [1.54, 1.807) is 17.4 Å². The Morgan fingerprint density at radius 1 is 1.08 bits per heavy atom. The number of amides is 1. The summed E-state index contributed by atoms with van der Waals surface area (Å²) < 4.78 is 26.4. The Hall–Kier alpha value is -2.22. The van der Waals surface area contributed by atoms with Crippen LogP contribution < -0.4 is 0 Å². The molecular formula is C19H19NO4S2. The standard InChI is InChI=1S/C19H19NO4S2/c21-14-20(22)18(11-15-4-2-1-3-5-15)13-26(23,24)12-16-6-7-19-17(10-16)8-9-25-19/h1-10,14,18,22H,11-13H2. The van der Waals surface area contributed by atoms with Gasteiger partial charge in [0.05, 0.1) is 17.5 Å². The third kappa shape index (κ3) is 4.69. The maximum absolute atomic E-state index is 12.6. The van der Waals surface area contributed by atoms with Crippen molar-refractivity contribution in [3.8, 4) is 0 Å². The summed E-state index contributed by atoms with van der Waals surface area (Å²) in [5.41, 5.74) is 1.55. The lowest BCUT2D eigenvalue weighted by atomic mass is 10.1. The molecule has 0 aliphatic heterocycles. The predicted molar refractivity (Wildman–Crippen MR) is 103 cm³/mol. The van der Waals surface area contributed by atoms with Crippen molar-refractivity contribution >= 4 is 37.7 Å². The number of carbonyl (C=O) groups is 1. The fraction of sp³-hybridized carbons (Fsp3) is 0.211. The zero-order valence-corrected chi connectivity index (χ0v) is 15.6. The van der Waals surface area contributed by atoms with E-state index in [1.165, 1.54) is 0 Å².